The van der Waals surface area contributed by atoms with Crippen LogP contribution in [0.4, 0.5) is 0 Å². The van der Waals surface area contributed by atoms with Crippen LogP contribution in [0, 0.1) is 0 Å². The molecule has 106 valence electrons. The average Bonchev–Trinajstić information content (AvgIpc) is 2.37. The van der Waals surface area contributed by atoms with Gasteiger partial charge in [0.25, 0.3) is 0 Å². The molecule has 1 N–H and O–H groups in total. The molecule has 0 bridgehead atoms. The Labute approximate surface area is 111 Å². The van der Waals surface area contributed by atoms with Crippen LogP contribution in [0.3, 0.4) is 0 Å². The zero-order valence-corrected chi connectivity index (χ0v) is 11.9. The molecule has 1 atom stereocenters. The molecule has 0 saturated heterocycles. The van der Waals surface area contributed by atoms with Crippen molar-refractivity contribution >= 4 is 0 Å². The van der Waals surface area contributed by atoms with E-state index in [0.29, 0.717) is 0 Å². The first-order chi connectivity index (χ1) is 8.77. The smallest absolute Gasteiger partial charge is 0.156 e. The molecule has 0 radical (unpaired) electrons. The minimum absolute atomic E-state index is 0.0920. The number of aliphatic hydroxyl groups excluding tert-OH is 1. The van der Waals surface area contributed by atoms with E-state index in [-0.39, 0.29) is 12.4 Å². The lowest BCUT2D eigenvalue weighted by atomic mass is 9.93. The molecule has 1 aliphatic rings. The van der Waals surface area contributed by atoms with E-state index in [1.165, 1.54) is 24.8 Å². The average molecular weight is 256 g/mol. The summed E-state index contributed by atoms with van der Waals surface area (Å²) in [6, 6.07) is 0. The van der Waals surface area contributed by atoms with Crippen LogP contribution < -0.4 is 0 Å². The molecule has 1 fully saturated rings. The van der Waals surface area contributed by atoms with Gasteiger partial charge in [-0.2, -0.15) is 0 Å². The van der Waals surface area contributed by atoms with E-state index in [4.69, 9.17) is 9.47 Å². The Morgan fingerprint density at radius 1 is 1.22 bits per heavy atom. The van der Waals surface area contributed by atoms with Crippen LogP contribution >= 0.6 is 0 Å². The van der Waals surface area contributed by atoms with E-state index in [1.54, 1.807) is 14.2 Å². The second-order valence-electron chi connectivity index (χ2n) is 5.08. The number of allylic oxidation sites excluding steroid dienone is 1. The van der Waals surface area contributed by atoms with Gasteiger partial charge in [0.1, 0.15) is 0 Å². The molecule has 18 heavy (non-hydrogen) atoms. The summed E-state index contributed by atoms with van der Waals surface area (Å²) in [5, 5.41) is 10.1. The van der Waals surface area contributed by atoms with Crippen molar-refractivity contribution in [2.75, 3.05) is 14.2 Å². The monoisotopic (exact) mass is 256 g/mol. The first-order valence-corrected chi connectivity index (χ1v) is 7.20. The van der Waals surface area contributed by atoms with Gasteiger partial charge in [-0.15, -0.1) is 0 Å². The van der Waals surface area contributed by atoms with E-state index < -0.39 is 0 Å². The Morgan fingerprint density at radius 3 is 2.67 bits per heavy atom. The SMILES string of the molecule is COC(CCC/C=C1/CCCCCCC1O)OC. The normalized spacial score (nSPS) is 24.2. The zero-order chi connectivity index (χ0) is 13.2. The molecule has 0 heterocycles. The molecule has 0 spiro atoms. The standard InChI is InChI=1S/C15H28O3/c1-17-15(18-2)12-8-7-10-13-9-5-3-4-6-11-14(13)16/h10,14-16H,3-9,11-12H2,1-2H3/b13-10-. The highest BCUT2D eigenvalue weighted by atomic mass is 16.7. The number of aliphatic hydroxyl groups is 1. The molecule has 1 unspecified atom stereocenters. The van der Waals surface area contributed by atoms with Crippen molar-refractivity contribution in [1.29, 1.82) is 0 Å². The Kier molecular flexibility index (Phi) is 8.31. The summed E-state index contributed by atoms with van der Waals surface area (Å²) in [7, 11) is 3.34. The summed E-state index contributed by atoms with van der Waals surface area (Å²) in [6.45, 7) is 0. The van der Waals surface area contributed by atoms with Gasteiger partial charge in [-0.3, -0.25) is 0 Å². The Morgan fingerprint density at radius 2 is 1.94 bits per heavy atom. The van der Waals surface area contributed by atoms with Crippen molar-refractivity contribution in [1.82, 2.24) is 0 Å². The van der Waals surface area contributed by atoms with Gasteiger partial charge >= 0.3 is 0 Å². The summed E-state index contributed by atoms with van der Waals surface area (Å²) in [5.41, 5.74) is 1.25. The highest BCUT2D eigenvalue weighted by molar-refractivity contribution is 5.08. The predicted octanol–water partition coefficient (Wildman–Crippen LogP) is 3.42. The fourth-order valence-corrected chi connectivity index (χ4v) is 2.51. The van der Waals surface area contributed by atoms with Crippen molar-refractivity contribution in [2.24, 2.45) is 0 Å². The highest BCUT2D eigenvalue weighted by Crippen LogP contribution is 2.23. The number of hydrogen-bond donors (Lipinski definition) is 1. The summed E-state index contributed by atoms with van der Waals surface area (Å²) >= 11 is 0. The molecule has 3 heteroatoms. The molecule has 3 nitrogen and oxygen atoms in total. The maximum atomic E-state index is 10.1. The van der Waals surface area contributed by atoms with E-state index in [2.05, 4.69) is 6.08 Å². The maximum Gasteiger partial charge on any atom is 0.156 e. The summed E-state index contributed by atoms with van der Waals surface area (Å²) in [6.07, 6.45) is 11.9. The third-order valence-corrected chi connectivity index (χ3v) is 3.70. The molecular weight excluding hydrogens is 228 g/mol. The van der Waals surface area contributed by atoms with Crippen LogP contribution in [-0.4, -0.2) is 31.7 Å². The number of unbranched alkanes of at least 4 members (excludes halogenated alkanes) is 1. The second kappa shape index (κ2) is 9.54. The molecule has 0 amide bonds. The molecule has 0 aromatic heterocycles. The molecular formula is C15H28O3. The largest absolute Gasteiger partial charge is 0.389 e. The number of hydrogen-bond acceptors (Lipinski definition) is 3. The van der Waals surface area contributed by atoms with Gasteiger partial charge < -0.3 is 14.6 Å². The molecule has 0 aromatic carbocycles. The van der Waals surface area contributed by atoms with Gasteiger partial charge in [0.15, 0.2) is 6.29 Å². The van der Waals surface area contributed by atoms with Gasteiger partial charge in [0.05, 0.1) is 6.10 Å². The third-order valence-electron chi connectivity index (χ3n) is 3.70. The van der Waals surface area contributed by atoms with Crippen molar-refractivity contribution in [2.45, 2.75) is 70.2 Å². The van der Waals surface area contributed by atoms with Crippen molar-refractivity contribution in [3.05, 3.63) is 11.6 Å². The molecule has 1 aliphatic carbocycles. The third kappa shape index (κ3) is 5.98. The van der Waals surface area contributed by atoms with Crippen LogP contribution in [-0.2, 0) is 9.47 Å². The molecule has 1 saturated carbocycles. The number of ether oxygens (including phenoxy) is 2. The lowest BCUT2D eigenvalue weighted by Crippen LogP contribution is -2.13. The van der Waals surface area contributed by atoms with Crippen molar-refractivity contribution < 1.29 is 14.6 Å². The topological polar surface area (TPSA) is 38.7 Å². The summed E-state index contributed by atoms with van der Waals surface area (Å²) in [5.74, 6) is 0. The van der Waals surface area contributed by atoms with Crippen LogP contribution in [0.25, 0.3) is 0 Å². The fraction of sp³-hybridized carbons (Fsp3) is 0.867. The highest BCUT2D eigenvalue weighted by Gasteiger charge is 2.13. The molecule has 0 aromatic rings. The lowest BCUT2D eigenvalue weighted by Gasteiger charge is -2.18. The Hall–Kier alpha value is -0.380. The Bertz CT molecular complexity index is 234. The first kappa shape index (κ1) is 15.7. The number of rotatable bonds is 6. The second-order valence-corrected chi connectivity index (χ2v) is 5.08. The van der Waals surface area contributed by atoms with Gasteiger partial charge in [-0.1, -0.05) is 25.3 Å². The van der Waals surface area contributed by atoms with Gasteiger partial charge in [0.2, 0.25) is 0 Å². The minimum Gasteiger partial charge on any atom is -0.389 e. The minimum atomic E-state index is -0.203. The number of methoxy groups -OCH3 is 2. The van der Waals surface area contributed by atoms with Gasteiger partial charge in [0, 0.05) is 14.2 Å². The first-order valence-electron chi connectivity index (χ1n) is 7.20. The van der Waals surface area contributed by atoms with E-state index in [9.17, 15) is 5.11 Å². The van der Waals surface area contributed by atoms with Crippen LogP contribution in [0.2, 0.25) is 0 Å². The van der Waals surface area contributed by atoms with Crippen molar-refractivity contribution in [3.8, 4) is 0 Å². The predicted molar refractivity (Wildman–Crippen MR) is 73.4 cm³/mol. The maximum absolute atomic E-state index is 10.1. The van der Waals surface area contributed by atoms with Crippen LogP contribution in [0.5, 0.6) is 0 Å². The zero-order valence-electron chi connectivity index (χ0n) is 11.9. The lowest BCUT2D eigenvalue weighted by molar-refractivity contribution is -0.106. The summed E-state index contributed by atoms with van der Waals surface area (Å²) < 4.78 is 10.3. The van der Waals surface area contributed by atoms with E-state index in [0.717, 1.165) is 38.5 Å². The van der Waals surface area contributed by atoms with E-state index in [1.807, 2.05) is 0 Å². The van der Waals surface area contributed by atoms with E-state index >= 15 is 0 Å². The van der Waals surface area contributed by atoms with Crippen LogP contribution in [0.15, 0.2) is 11.6 Å². The van der Waals surface area contributed by atoms with Crippen LogP contribution in [0.1, 0.15) is 57.8 Å². The van der Waals surface area contributed by atoms with Gasteiger partial charge in [-0.25, -0.2) is 0 Å². The Balaban J connectivity index is 2.29. The summed E-state index contributed by atoms with van der Waals surface area (Å²) in [4.78, 5) is 0. The molecule has 1 rings (SSSR count). The fourth-order valence-electron chi connectivity index (χ4n) is 2.51. The van der Waals surface area contributed by atoms with Gasteiger partial charge in [-0.05, 0) is 44.1 Å². The molecule has 0 aliphatic heterocycles. The quantitative estimate of drug-likeness (QED) is 0.449. The van der Waals surface area contributed by atoms with Crippen molar-refractivity contribution in [3.63, 3.8) is 0 Å².